The lowest BCUT2D eigenvalue weighted by Gasteiger charge is -2.30. The fraction of sp³-hybridized carbons (Fsp3) is 1.00. The van der Waals surface area contributed by atoms with Gasteiger partial charge in [-0.15, -0.1) is 0 Å². The molecule has 4 nitrogen and oxygen atoms in total. The summed E-state index contributed by atoms with van der Waals surface area (Å²) in [6.07, 6.45) is 3.93. The number of sulfonamides is 1. The molecule has 0 aliphatic carbocycles. The van der Waals surface area contributed by atoms with Crippen LogP contribution in [0.2, 0.25) is 0 Å². The molecule has 1 aliphatic rings. The Balaban J connectivity index is 2.36. The van der Waals surface area contributed by atoms with Crippen LogP contribution in [-0.4, -0.2) is 26.3 Å². The Labute approximate surface area is 92.7 Å². The van der Waals surface area contributed by atoms with E-state index in [4.69, 9.17) is 5.14 Å². The van der Waals surface area contributed by atoms with Gasteiger partial charge in [-0.1, -0.05) is 20.3 Å². The molecule has 5 heteroatoms. The molecule has 1 rings (SSSR count). The average Bonchev–Trinajstić information content (AvgIpc) is 2.17. The van der Waals surface area contributed by atoms with E-state index >= 15 is 0 Å². The SMILES string of the molecule is CCC(C)CC1CCC(S(N)(=O)=O)CN1. The average molecular weight is 234 g/mol. The Bertz CT molecular complexity index is 282. The van der Waals surface area contributed by atoms with Gasteiger partial charge in [0.25, 0.3) is 0 Å². The highest BCUT2D eigenvalue weighted by Crippen LogP contribution is 2.19. The maximum Gasteiger partial charge on any atom is 0.213 e. The predicted molar refractivity (Wildman–Crippen MR) is 62.0 cm³/mol. The highest BCUT2D eigenvalue weighted by atomic mass is 32.2. The van der Waals surface area contributed by atoms with Gasteiger partial charge in [0.1, 0.15) is 0 Å². The number of piperidine rings is 1. The van der Waals surface area contributed by atoms with Crippen LogP contribution >= 0.6 is 0 Å². The third-order valence-electron chi connectivity index (χ3n) is 3.32. The van der Waals surface area contributed by atoms with Crippen molar-refractivity contribution in [2.45, 2.75) is 50.8 Å². The van der Waals surface area contributed by atoms with E-state index < -0.39 is 10.0 Å². The van der Waals surface area contributed by atoms with E-state index in [1.165, 1.54) is 6.42 Å². The minimum Gasteiger partial charge on any atom is -0.313 e. The van der Waals surface area contributed by atoms with Crippen LogP contribution in [0.15, 0.2) is 0 Å². The normalized spacial score (nSPS) is 30.1. The number of nitrogens with two attached hydrogens (primary N) is 1. The molecule has 15 heavy (non-hydrogen) atoms. The zero-order valence-corrected chi connectivity index (χ0v) is 10.4. The maximum absolute atomic E-state index is 11.1. The van der Waals surface area contributed by atoms with E-state index in [1.807, 2.05) is 0 Å². The molecule has 0 saturated carbocycles. The van der Waals surface area contributed by atoms with Gasteiger partial charge < -0.3 is 5.32 Å². The van der Waals surface area contributed by atoms with Crippen LogP contribution in [0, 0.1) is 5.92 Å². The summed E-state index contributed by atoms with van der Waals surface area (Å²) in [7, 11) is -3.35. The predicted octanol–water partition coefficient (Wildman–Crippen LogP) is 0.832. The van der Waals surface area contributed by atoms with Crippen molar-refractivity contribution in [3.63, 3.8) is 0 Å². The van der Waals surface area contributed by atoms with Crippen LogP contribution in [-0.2, 0) is 10.0 Å². The fourth-order valence-corrected chi connectivity index (χ4v) is 2.82. The first-order valence-electron chi connectivity index (χ1n) is 5.68. The summed E-state index contributed by atoms with van der Waals surface area (Å²) in [5.74, 6) is 0.702. The lowest BCUT2D eigenvalue weighted by atomic mass is 9.93. The van der Waals surface area contributed by atoms with Gasteiger partial charge in [0.15, 0.2) is 0 Å². The van der Waals surface area contributed by atoms with E-state index in [9.17, 15) is 8.42 Å². The second-order valence-corrected chi connectivity index (χ2v) is 6.49. The van der Waals surface area contributed by atoms with Gasteiger partial charge in [0.05, 0.1) is 5.25 Å². The molecule has 0 aromatic rings. The summed E-state index contributed by atoms with van der Waals surface area (Å²) in [4.78, 5) is 0. The molecule has 0 aromatic carbocycles. The third-order valence-corrected chi connectivity index (χ3v) is 4.65. The molecule has 1 aliphatic heterocycles. The van der Waals surface area contributed by atoms with E-state index in [-0.39, 0.29) is 5.25 Å². The second kappa shape index (κ2) is 5.27. The Morgan fingerprint density at radius 1 is 1.47 bits per heavy atom. The first kappa shape index (κ1) is 12.9. The first-order valence-corrected chi connectivity index (χ1v) is 7.29. The summed E-state index contributed by atoms with van der Waals surface area (Å²) < 4.78 is 22.2. The zero-order chi connectivity index (χ0) is 11.5. The van der Waals surface area contributed by atoms with E-state index in [1.54, 1.807) is 0 Å². The second-order valence-electron chi connectivity index (χ2n) is 4.64. The Hall–Kier alpha value is -0.130. The van der Waals surface area contributed by atoms with Crippen LogP contribution in [0.4, 0.5) is 0 Å². The third kappa shape index (κ3) is 4.09. The Morgan fingerprint density at radius 3 is 2.53 bits per heavy atom. The highest BCUT2D eigenvalue weighted by molar-refractivity contribution is 7.89. The van der Waals surface area contributed by atoms with E-state index in [2.05, 4.69) is 19.2 Å². The van der Waals surface area contributed by atoms with Gasteiger partial charge in [-0.3, -0.25) is 0 Å². The van der Waals surface area contributed by atoms with Gasteiger partial charge in [-0.2, -0.15) is 0 Å². The molecular weight excluding hydrogens is 212 g/mol. The van der Waals surface area contributed by atoms with Crippen molar-refractivity contribution >= 4 is 10.0 Å². The van der Waals surface area contributed by atoms with Gasteiger partial charge in [-0.05, 0) is 25.2 Å². The van der Waals surface area contributed by atoms with Crippen molar-refractivity contribution in [2.75, 3.05) is 6.54 Å². The molecular formula is C10H22N2O2S. The summed E-state index contributed by atoms with van der Waals surface area (Å²) in [5.41, 5.74) is 0. The standard InChI is InChI=1S/C10H22N2O2S/c1-3-8(2)6-9-4-5-10(7-12-9)15(11,13)14/h8-10,12H,3-7H2,1-2H3,(H2,11,13,14). The molecule has 0 bridgehead atoms. The summed E-state index contributed by atoms with van der Waals surface area (Å²) >= 11 is 0. The monoisotopic (exact) mass is 234 g/mol. The Kier molecular flexibility index (Phi) is 4.55. The smallest absolute Gasteiger partial charge is 0.213 e. The molecule has 1 heterocycles. The van der Waals surface area contributed by atoms with Gasteiger partial charge >= 0.3 is 0 Å². The number of hydrogen-bond acceptors (Lipinski definition) is 3. The first-order chi connectivity index (χ1) is 6.93. The van der Waals surface area contributed by atoms with Crippen molar-refractivity contribution in [1.29, 1.82) is 0 Å². The topological polar surface area (TPSA) is 72.2 Å². The molecule has 90 valence electrons. The molecule has 3 atom stereocenters. The minimum absolute atomic E-state index is 0.384. The fourth-order valence-electron chi connectivity index (χ4n) is 2.02. The van der Waals surface area contributed by atoms with Gasteiger partial charge in [-0.25, -0.2) is 13.6 Å². The largest absolute Gasteiger partial charge is 0.313 e. The van der Waals surface area contributed by atoms with Crippen LogP contribution in [0.3, 0.4) is 0 Å². The number of primary sulfonamides is 1. The van der Waals surface area contributed by atoms with Crippen molar-refractivity contribution in [3.8, 4) is 0 Å². The molecule has 3 N–H and O–H groups in total. The van der Waals surface area contributed by atoms with Crippen molar-refractivity contribution in [1.82, 2.24) is 5.32 Å². The summed E-state index contributed by atoms with van der Waals surface area (Å²) in [6, 6.07) is 0.470. The van der Waals surface area contributed by atoms with Gasteiger partial charge in [0.2, 0.25) is 10.0 Å². The molecule has 0 amide bonds. The number of nitrogens with one attached hydrogen (secondary N) is 1. The molecule has 1 saturated heterocycles. The molecule has 3 unspecified atom stereocenters. The van der Waals surface area contributed by atoms with Crippen molar-refractivity contribution < 1.29 is 8.42 Å². The van der Waals surface area contributed by atoms with Crippen molar-refractivity contribution in [3.05, 3.63) is 0 Å². The van der Waals surface area contributed by atoms with Crippen LogP contribution < -0.4 is 10.5 Å². The van der Waals surface area contributed by atoms with Crippen LogP contribution in [0.1, 0.15) is 39.5 Å². The van der Waals surface area contributed by atoms with Crippen molar-refractivity contribution in [2.24, 2.45) is 11.1 Å². The Morgan fingerprint density at radius 2 is 2.13 bits per heavy atom. The lowest BCUT2D eigenvalue weighted by Crippen LogP contribution is -2.47. The highest BCUT2D eigenvalue weighted by Gasteiger charge is 2.28. The number of rotatable bonds is 4. The quantitative estimate of drug-likeness (QED) is 0.757. The summed E-state index contributed by atoms with van der Waals surface area (Å²) in [5, 5.41) is 8.01. The molecule has 0 radical (unpaired) electrons. The van der Waals surface area contributed by atoms with E-state index in [0.29, 0.717) is 24.9 Å². The number of hydrogen-bond donors (Lipinski definition) is 2. The van der Waals surface area contributed by atoms with Crippen LogP contribution in [0.25, 0.3) is 0 Å². The van der Waals surface area contributed by atoms with Crippen LogP contribution in [0.5, 0.6) is 0 Å². The maximum atomic E-state index is 11.1. The molecule has 1 fully saturated rings. The zero-order valence-electron chi connectivity index (χ0n) is 9.57. The van der Waals surface area contributed by atoms with E-state index in [0.717, 1.165) is 12.8 Å². The van der Waals surface area contributed by atoms with Gasteiger partial charge in [0, 0.05) is 12.6 Å². The molecule has 0 spiro atoms. The minimum atomic E-state index is -3.35. The summed E-state index contributed by atoms with van der Waals surface area (Å²) in [6.45, 7) is 4.92. The lowest BCUT2D eigenvalue weighted by molar-refractivity contribution is 0.333. The molecule has 0 aromatic heterocycles.